The molecule has 200 valence electrons. The molecule has 1 aliphatic rings. The van der Waals surface area contributed by atoms with Crippen molar-refractivity contribution in [2.75, 3.05) is 26.2 Å². The zero-order chi connectivity index (χ0) is 26.8. The summed E-state index contributed by atoms with van der Waals surface area (Å²) in [5.41, 5.74) is 4.02. The molecule has 0 bridgehead atoms. The largest absolute Gasteiger partial charge is 0.480 e. The first-order valence-corrected chi connectivity index (χ1v) is 12.6. The number of benzene rings is 2. The second-order valence-corrected chi connectivity index (χ2v) is 10.1. The molecule has 0 saturated heterocycles. The van der Waals surface area contributed by atoms with Crippen molar-refractivity contribution in [3.05, 3.63) is 59.7 Å². The van der Waals surface area contributed by atoms with E-state index in [0.29, 0.717) is 25.8 Å². The number of amides is 2. The predicted octanol–water partition coefficient (Wildman–Crippen LogP) is 4.26. The lowest BCUT2D eigenvalue weighted by Gasteiger charge is -2.21. The van der Waals surface area contributed by atoms with Crippen molar-refractivity contribution in [3.8, 4) is 11.1 Å². The van der Waals surface area contributed by atoms with Gasteiger partial charge in [0, 0.05) is 25.0 Å². The molecule has 1 unspecified atom stereocenters. The molecule has 2 aromatic carbocycles. The van der Waals surface area contributed by atoms with Crippen LogP contribution in [-0.2, 0) is 14.3 Å². The number of carboxylic acid groups (broad SMARTS) is 1. The Morgan fingerprint density at radius 1 is 0.946 bits per heavy atom. The number of hydrogen-bond donors (Lipinski definition) is 4. The van der Waals surface area contributed by atoms with E-state index in [1.165, 1.54) is 0 Å². The predicted molar refractivity (Wildman–Crippen MR) is 141 cm³/mol. The van der Waals surface area contributed by atoms with Gasteiger partial charge in [-0.25, -0.2) is 9.59 Å². The normalized spacial score (nSPS) is 13.3. The van der Waals surface area contributed by atoms with Gasteiger partial charge in [0.25, 0.3) is 0 Å². The third-order valence-corrected chi connectivity index (χ3v) is 5.98. The fourth-order valence-corrected chi connectivity index (χ4v) is 4.41. The average molecular weight is 512 g/mol. The number of ether oxygens (including phenoxy) is 2. The summed E-state index contributed by atoms with van der Waals surface area (Å²) in [6.45, 7) is 6.13. The first-order chi connectivity index (χ1) is 17.6. The molecule has 0 radical (unpaired) electrons. The van der Waals surface area contributed by atoms with Crippen LogP contribution in [0.2, 0.25) is 0 Å². The summed E-state index contributed by atoms with van der Waals surface area (Å²) >= 11 is 0. The molecule has 1 aliphatic carbocycles. The van der Waals surface area contributed by atoms with Gasteiger partial charge >= 0.3 is 18.2 Å². The van der Waals surface area contributed by atoms with E-state index in [4.69, 9.17) is 14.6 Å². The van der Waals surface area contributed by atoms with Gasteiger partial charge in [0.1, 0.15) is 12.2 Å². The Morgan fingerprint density at radius 2 is 1.57 bits per heavy atom. The summed E-state index contributed by atoms with van der Waals surface area (Å²) in [4.78, 5) is 35.3. The molecule has 9 heteroatoms. The average Bonchev–Trinajstić information content (AvgIpc) is 3.14. The monoisotopic (exact) mass is 511 g/mol. The number of fused-ring (bicyclic) bond motifs is 3. The Bertz CT molecular complexity index is 1040. The topological polar surface area (TPSA) is 126 Å². The Balaban J connectivity index is 1.49. The van der Waals surface area contributed by atoms with Crippen molar-refractivity contribution in [2.24, 2.45) is 0 Å². The zero-order valence-corrected chi connectivity index (χ0v) is 21.7. The second-order valence-electron chi connectivity index (χ2n) is 10.1. The number of carboxylic acids is 1. The van der Waals surface area contributed by atoms with E-state index in [-0.39, 0.29) is 31.7 Å². The molecule has 1 atom stereocenters. The minimum absolute atomic E-state index is 0.0411. The quantitative estimate of drug-likeness (QED) is 0.314. The maximum absolute atomic E-state index is 12.7. The van der Waals surface area contributed by atoms with Crippen LogP contribution < -0.4 is 16.0 Å². The van der Waals surface area contributed by atoms with Gasteiger partial charge in [-0.3, -0.25) is 4.79 Å². The van der Waals surface area contributed by atoms with Crippen LogP contribution in [0.25, 0.3) is 11.1 Å². The lowest BCUT2D eigenvalue weighted by molar-refractivity contribution is -0.135. The molecule has 3 rings (SSSR count). The van der Waals surface area contributed by atoms with Crippen LogP contribution in [0, 0.1) is 0 Å². The van der Waals surface area contributed by atoms with Gasteiger partial charge in [0.15, 0.2) is 0 Å². The number of alkyl carbamates (subject to hydrolysis) is 2. The summed E-state index contributed by atoms with van der Waals surface area (Å²) in [6.07, 6.45) is 0.965. The summed E-state index contributed by atoms with van der Waals surface area (Å²) < 4.78 is 10.9. The fourth-order valence-electron chi connectivity index (χ4n) is 4.41. The summed E-state index contributed by atoms with van der Waals surface area (Å²) in [7, 11) is 0. The fraction of sp³-hybridized carbons (Fsp3) is 0.464. The number of carbonyl (C=O) groups excluding carboxylic acids is 2. The van der Waals surface area contributed by atoms with E-state index in [1.807, 2.05) is 24.3 Å². The van der Waals surface area contributed by atoms with E-state index in [9.17, 15) is 14.4 Å². The van der Waals surface area contributed by atoms with Gasteiger partial charge in [0.05, 0.1) is 6.54 Å². The van der Waals surface area contributed by atoms with Crippen LogP contribution in [-0.4, -0.2) is 61.1 Å². The van der Waals surface area contributed by atoms with Gasteiger partial charge in [-0.05, 0) is 62.3 Å². The number of carbonyl (C=O) groups is 3. The maximum Gasteiger partial charge on any atom is 0.407 e. The molecule has 0 fully saturated rings. The Kier molecular flexibility index (Phi) is 9.91. The standard InChI is InChI=1S/C28H37N3O6/c1-28(2,3)37-26(34)30-15-9-8-10-19(16-29-17-25(32)33)31-27(35)36-18-24-22-13-6-4-11-20(22)21-12-5-7-14-23(21)24/h4-7,11-14,19,24,29H,8-10,15-18H2,1-3H3,(H,30,34)(H,31,35)(H,32,33). The Hall–Kier alpha value is -3.59. The lowest BCUT2D eigenvalue weighted by Crippen LogP contribution is -2.43. The van der Waals surface area contributed by atoms with E-state index in [2.05, 4.69) is 40.2 Å². The van der Waals surface area contributed by atoms with E-state index in [0.717, 1.165) is 22.3 Å². The highest BCUT2D eigenvalue weighted by molar-refractivity contribution is 5.79. The first-order valence-electron chi connectivity index (χ1n) is 12.6. The number of nitrogens with one attached hydrogen (secondary N) is 3. The van der Waals surface area contributed by atoms with Crippen molar-refractivity contribution >= 4 is 18.2 Å². The smallest absolute Gasteiger partial charge is 0.407 e. The molecule has 9 nitrogen and oxygen atoms in total. The van der Waals surface area contributed by atoms with E-state index < -0.39 is 23.8 Å². The number of rotatable bonds is 12. The molecule has 37 heavy (non-hydrogen) atoms. The molecule has 0 aliphatic heterocycles. The number of aliphatic carboxylic acids is 1. The zero-order valence-electron chi connectivity index (χ0n) is 21.7. The maximum atomic E-state index is 12.7. The van der Waals surface area contributed by atoms with Crippen LogP contribution in [0.1, 0.15) is 57.1 Å². The minimum Gasteiger partial charge on any atom is -0.480 e. The third kappa shape index (κ3) is 8.78. The first kappa shape index (κ1) is 28.0. The summed E-state index contributed by atoms with van der Waals surface area (Å²) in [5.74, 6) is -1.01. The molecule has 0 saturated carbocycles. The molecule has 0 heterocycles. The van der Waals surface area contributed by atoms with Gasteiger partial charge in [0.2, 0.25) is 0 Å². The van der Waals surface area contributed by atoms with Gasteiger partial charge in [-0.15, -0.1) is 0 Å². The van der Waals surface area contributed by atoms with Gasteiger partial charge in [-0.2, -0.15) is 0 Å². The molecule has 2 amide bonds. The van der Waals surface area contributed by atoms with Crippen molar-refractivity contribution < 1.29 is 29.0 Å². The van der Waals surface area contributed by atoms with Gasteiger partial charge in [-0.1, -0.05) is 48.5 Å². The summed E-state index contributed by atoms with van der Waals surface area (Å²) in [6, 6.07) is 15.9. The highest BCUT2D eigenvalue weighted by Gasteiger charge is 2.29. The lowest BCUT2D eigenvalue weighted by atomic mass is 9.98. The van der Waals surface area contributed by atoms with Crippen molar-refractivity contribution in [2.45, 2.75) is 57.6 Å². The summed E-state index contributed by atoms with van der Waals surface area (Å²) in [5, 5.41) is 17.3. The van der Waals surface area contributed by atoms with Crippen LogP contribution in [0.15, 0.2) is 48.5 Å². The number of hydrogen-bond acceptors (Lipinski definition) is 6. The van der Waals surface area contributed by atoms with Crippen LogP contribution in [0.4, 0.5) is 9.59 Å². The minimum atomic E-state index is -0.971. The highest BCUT2D eigenvalue weighted by Crippen LogP contribution is 2.44. The highest BCUT2D eigenvalue weighted by atomic mass is 16.6. The third-order valence-electron chi connectivity index (χ3n) is 5.98. The molecule has 0 aromatic heterocycles. The SMILES string of the molecule is CC(C)(C)OC(=O)NCCCCC(CNCC(=O)O)NC(=O)OCC1c2ccccc2-c2ccccc21. The van der Waals surface area contributed by atoms with Crippen molar-refractivity contribution in [3.63, 3.8) is 0 Å². The van der Waals surface area contributed by atoms with E-state index in [1.54, 1.807) is 20.8 Å². The molecule has 4 N–H and O–H groups in total. The molecule has 0 spiro atoms. The van der Waals surface area contributed by atoms with Crippen LogP contribution >= 0.6 is 0 Å². The van der Waals surface area contributed by atoms with E-state index >= 15 is 0 Å². The Labute approximate surface area is 217 Å². The van der Waals surface area contributed by atoms with Crippen molar-refractivity contribution in [1.29, 1.82) is 0 Å². The van der Waals surface area contributed by atoms with Crippen molar-refractivity contribution in [1.82, 2.24) is 16.0 Å². The second kappa shape index (κ2) is 13.1. The van der Waals surface area contributed by atoms with Crippen LogP contribution in [0.3, 0.4) is 0 Å². The Morgan fingerprint density at radius 3 is 2.16 bits per heavy atom. The van der Waals surface area contributed by atoms with Gasteiger partial charge < -0.3 is 30.5 Å². The number of unbranched alkanes of at least 4 members (excludes halogenated alkanes) is 1. The molecule has 2 aromatic rings. The molecular weight excluding hydrogens is 474 g/mol. The van der Waals surface area contributed by atoms with Crippen LogP contribution in [0.5, 0.6) is 0 Å². The molecular formula is C28H37N3O6.